The Bertz CT molecular complexity index is 725. The molecule has 0 aliphatic heterocycles. The quantitative estimate of drug-likeness (QED) is 0.254. The number of aliphatic imine (C=N–C) groups is 1. The first-order valence-electron chi connectivity index (χ1n) is 9.59. The van der Waals surface area contributed by atoms with Crippen LogP contribution in [0.4, 0.5) is 0 Å². The number of halogens is 1. The first-order chi connectivity index (χ1) is 12.8. The maximum absolute atomic E-state index is 9.63. The van der Waals surface area contributed by atoms with E-state index in [2.05, 4.69) is 40.7 Å². The second-order valence-corrected chi connectivity index (χ2v) is 6.74. The van der Waals surface area contributed by atoms with Crippen LogP contribution in [-0.4, -0.2) is 42.9 Å². The second kappa shape index (κ2) is 11.3. The Balaban J connectivity index is 0.00000261. The molecule has 27 heavy (non-hydrogen) atoms. The molecule has 2 aromatic rings. The summed E-state index contributed by atoms with van der Waals surface area (Å²) in [5.74, 6) is 1.73. The van der Waals surface area contributed by atoms with Gasteiger partial charge in [-0.3, -0.25) is 0 Å². The highest BCUT2D eigenvalue weighted by atomic mass is 127. The summed E-state index contributed by atoms with van der Waals surface area (Å²) < 4.78 is 5.96. The third-order valence-electron chi connectivity index (χ3n) is 4.75. The molecule has 5 nitrogen and oxygen atoms in total. The molecule has 3 N–H and O–H groups in total. The fraction of sp³-hybridized carbons (Fsp3) is 0.476. The minimum Gasteiger partial charge on any atom is -0.491 e. The van der Waals surface area contributed by atoms with Crippen molar-refractivity contribution in [2.45, 2.75) is 44.8 Å². The Morgan fingerprint density at radius 3 is 2.63 bits per heavy atom. The van der Waals surface area contributed by atoms with E-state index in [0.29, 0.717) is 19.2 Å². The average Bonchev–Trinajstić information content (AvgIpc) is 2.67. The molecule has 0 saturated heterocycles. The second-order valence-electron chi connectivity index (χ2n) is 6.74. The van der Waals surface area contributed by atoms with Crippen LogP contribution in [0.15, 0.2) is 47.5 Å². The molecular weight excluding hydrogens is 453 g/mol. The van der Waals surface area contributed by atoms with Crippen LogP contribution in [-0.2, 0) is 0 Å². The van der Waals surface area contributed by atoms with Crippen molar-refractivity contribution in [2.24, 2.45) is 4.99 Å². The van der Waals surface area contributed by atoms with Gasteiger partial charge in [-0.05, 0) is 44.1 Å². The van der Waals surface area contributed by atoms with E-state index >= 15 is 0 Å². The van der Waals surface area contributed by atoms with Crippen molar-refractivity contribution >= 4 is 40.7 Å². The Morgan fingerprint density at radius 2 is 1.85 bits per heavy atom. The van der Waals surface area contributed by atoms with E-state index < -0.39 is 0 Å². The van der Waals surface area contributed by atoms with E-state index in [0.717, 1.165) is 49.3 Å². The zero-order valence-corrected chi connectivity index (χ0v) is 18.2. The molecule has 0 aromatic heterocycles. The van der Waals surface area contributed by atoms with Crippen LogP contribution >= 0.6 is 24.0 Å². The van der Waals surface area contributed by atoms with Gasteiger partial charge < -0.3 is 20.5 Å². The summed E-state index contributed by atoms with van der Waals surface area (Å²) in [6.07, 6.45) is 3.56. The number of hydrogen-bond acceptors (Lipinski definition) is 3. The molecule has 1 aliphatic carbocycles. The number of rotatable bonds is 6. The van der Waals surface area contributed by atoms with Gasteiger partial charge in [-0.2, -0.15) is 0 Å². The predicted molar refractivity (Wildman–Crippen MR) is 122 cm³/mol. The topological polar surface area (TPSA) is 65.9 Å². The molecule has 0 unspecified atom stereocenters. The molecule has 3 rings (SSSR count). The van der Waals surface area contributed by atoms with Gasteiger partial charge in [0.25, 0.3) is 0 Å². The molecule has 6 heteroatoms. The number of ether oxygens (including phenoxy) is 1. The van der Waals surface area contributed by atoms with Gasteiger partial charge in [0.05, 0.1) is 12.6 Å². The molecule has 1 saturated carbocycles. The van der Waals surface area contributed by atoms with Crippen LogP contribution < -0.4 is 15.4 Å². The van der Waals surface area contributed by atoms with Gasteiger partial charge >= 0.3 is 0 Å². The van der Waals surface area contributed by atoms with E-state index in [9.17, 15) is 5.11 Å². The first kappa shape index (κ1) is 21.8. The molecule has 0 heterocycles. The molecule has 0 spiro atoms. The monoisotopic (exact) mass is 483 g/mol. The van der Waals surface area contributed by atoms with Crippen molar-refractivity contribution in [1.29, 1.82) is 0 Å². The van der Waals surface area contributed by atoms with Crippen molar-refractivity contribution in [3.05, 3.63) is 42.5 Å². The Kier molecular flexibility index (Phi) is 9.14. The van der Waals surface area contributed by atoms with Crippen LogP contribution in [0, 0.1) is 0 Å². The van der Waals surface area contributed by atoms with Crippen molar-refractivity contribution in [3.8, 4) is 5.75 Å². The van der Waals surface area contributed by atoms with Crippen molar-refractivity contribution in [1.82, 2.24) is 10.6 Å². The largest absolute Gasteiger partial charge is 0.491 e. The predicted octanol–water partition coefficient (Wildman–Crippen LogP) is 3.70. The molecule has 148 valence electrons. The van der Waals surface area contributed by atoms with E-state index in [4.69, 9.17) is 4.74 Å². The molecule has 1 fully saturated rings. The van der Waals surface area contributed by atoms with Crippen LogP contribution in [0.3, 0.4) is 0 Å². The van der Waals surface area contributed by atoms with E-state index in [1.807, 2.05) is 24.3 Å². The van der Waals surface area contributed by atoms with Gasteiger partial charge in [-0.25, -0.2) is 4.99 Å². The van der Waals surface area contributed by atoms with Crippen LogP contribution in [0.1, 0.15) is 32.6 Å². The zero-order chi connectivity index (χ0) is 18.2. The van der Waals surface area contributed by atoms with Crippen LogP contribution in [0.2, 0.25) is 0 Å². The Labute approximate surface area is 178 Å². The van der Waals surface area contributed by atoms with E-state index in [1.54, 1.807) is 0 Å². The summed E-state index contributed by atoms with van der Waals surface area (Å²) in [5.41, 5.74) is 0. The molecule has 0 radical (unpaired) electrons. The number of guanidine groups is 1. The van der Waals surface area contributed by atoms with Crippen molar-refractivity contribution in [3.63, 3.8) is 0 Å². The fourth-order valence-corrected chi connectivity index (χ4v) is 3.37. The van der Waals surface area contributed by atoms with E-state index in [1.165, 1.54) is 5.39 Å². The lowest BCUT2D eigenvalue weighted by Gasteiger charge is -2.27. The summed E-state index contributed by atoms with van der Waals surface area (Å²) in [6.45, 7) is 4.02. The van der Waals surface area contributed by atoms with Crippen molar-refractivity contribution < 1.29 is 9.84 Å². The summed E-state index contributed by atoms with van der Waals surface area (Å²) >= 11 is 0. The highest BCUT2D eigenvalue weighted by Gasteiger charge is 2.19. The maximum atomic E-state index is 9.63. The number of aliphatic hydroxyl groups excluding tert-OH is 1. The normalized spacial score (nSPS) is 20.0. The molecule has 2 aromatic carbocycles. The highest BCUT2D eigenvalue weighted by Crippen LogP contribution is 2.25. The number of aliphatic hydroxyl groups is 1. The Hall–Kier alpha value is -1.54. The molecule has 1 aliphatic rings. The number of benzene rings is 2. The van der Waals surface area contributed by atoms with Gasteiger partial charge in [-0.15, -0.1) is 24.0 Å². The van der Waals surface area contributed by atoms with Gasteiger partial charge in [0.1, 0.15) is 12.4 Å². The minimum absolute atomic E-state index is 0. The third-order valence-corrected chi connectivity index (χ3v) is 4.75. The lowest BCUT2D eigenvalue weighted by atomic mass is 9.93. The molecule has 0 atom stereocenters. The summed E-state index contributed by atoms with van der Waals surface area (Å²) in [5, 5.41) is 18.7. The Morgan fingerprint density at radius 1 is 1.11 bits per heavy atom. The van der Waals surface area contributed by atoms with Gasteiger partial charge in [0.15, 0.2) is 5.96 Å². The standard InChI is InChI=1S/C21H29N3O2.HI/c1-2-22-21(24-17-10-12-18(25)13-11-17)23-14-15-26-20-9-5-7-16-6-3-4-8-19(16)20;/h3-9,17-18,25H,2,10-15H2,1H3,(H2,22,23,24);1H. The molecule has 0 amide bonds. The van der Waals surface area contributed by atoms with Gasteiger partial charge in [0, 0.05) is 18.0 Å². The third kappa shape index (κ3) is 6.53. The average molecular weight is 483 g/mol. The maximum Gasteiger partial charge on any atom is 0.191 e. The number of hydrogen-bond donors (Lipinski definition) is 3. The molecular formula is C21H30IN3O2. The van der Waals surface area contributed by atoms with Crippen LogP contribution in [0.5, 0.6) is 5.75 Å². The summed E-state index contributed by atoms with van der Waals surface area (Å²) in [7, 11) is 0. The smallest absolute Gasteiger partial charge is 0.191 e. The number of fused-ring (bicyclic) bond motifs is 1. The first-order valence-corrected chi connectivity index (χ1v) is 9.59. The highest BCUT2D eigenvalue weighted by molar-refractivity contribution is 14.0. The van der Waals surface area contributed by atoms with Crippen LogP contribution in [0.25, 0.3) is 10.8 Å². The number of nitrogens with zero attached hydrogens (tertiary/aromatic N) is 1. The van der Waals surface area contributed by atoms with E-state index in [-0.39, 0.29) is 30.1 Å². The molecule has 0 bridgehead atoms. The van der Waals surface area contributed by atoms with Gasteiger partial charge in [0.2, 0.25) is 0 Å². The fourth-order valence-electron chi connectivity index (χ4n) is 3.37. The lowest BCUT2D eigenvalue weighted by molar-refractivity contribution is 0.120. The van der Waals surface area contributed by atoms with Gasteiger partial charge in [-0.1, -0.05) is 36.4 Å². The SMILES string of the molecule is CCNC(=NCCOc1cccc2ccccc12)NC1CCC(O)CC1.I. The van der Waals surface area contributed by atoms with Crippen molar-refractivity contribution in [2.75, 3.05) is 19.7 Å². The summed E-state index contributed by atoms with van der Waals surface area (Å²) in [6, 6.07) is 14.7. The lowest BCUT2D eigenvalue weighted by Crippen LogP contribution is -2.45. The minimum atomic E-state index is -0.137. The number of nitrogens with one attached hydrogen (secondary N) is 2. The summed E-state index contributed by atoms with van der Waals surface area (Å²) in [4.78, 5) is 4.63. The zero-order valence-electron chi connectivity index (χ0n) is 15.9.